The molecule has 1 amide bonds. The molecule has 1 atom stereocenters. The van der Waals surface area contributed by atoms with Gasteiger partial charge in [-0.25, -0.2) is 0 Å². The van der Waals surface area contributed by atoms with E-state index in [1.165, 1.54) is 0 Å². The second-order valence-electron chi connectivity index (χ2n) is 4.88. The maximum absolute atomic E-state index is 12.0. The average Bonchev–Trinajstić information content (AvgIpc) is 2.42. The van der Waals surface area contributed by atoms with E-state index in [9.17, 15) is 4.79 Å². The fraction of sp³-hybridized carbons (Fsp3) is 0.500. The Hall–Kier alpha value is -1.75. The van der Waals surface area contributed by atoms with Crippen molar-refractivity contribution < 1.29 is 14.3 Å². The molecule has 1 aromatic rings. The number of hydrogen-bond acceptors (Lipinski definition) is 4. The number of piperazine rings is 1. The number of rotatable bonds is 4. The first-order valence-electron chi connectivity index (χ1n) is 6.33. The Labute approximate surface area is 113 Å². The summed E-state index contributed by atoms with van der Waals surface area (Å²) in [5, 5.41) is 6.16. The van der Waals surface area contributed by atoms with Gasteiger partial charge in [-0.2, -0.15) is 0 Å². The third-order valence-electron chi connectivity index (χ3n) is 3.43. The SMILES string of the molecule is COc1ccc(C[C@]2(C)NCCNC2=O)cc1OC. The van der Waals surface area contributed by atoms with E-state index in [2.05, 4.69) is 10.6 Å². The van der Waals surface area contributed by atoms with Crippen LogP contribution in [0, 0.1) is 0 Å². The van der Waals surface area contributed by atoms with Crippen LogP contribution in [0.2, 0.25) is 0 Å². The molecule has 1 aliphatic heterocycles. The van der Waals surface area contributed by atoms with Crippen molar-refractivity contribution in [1.82, 2.24) is 10.6 Å². The summed E-state index contributed by atoms with van der Waals surface area (Å²) in [7, 11) is 3.21. The number of carbonyl (C=O) groups excluding carboxylic acids is 1. The van der Waals surface area contributed by atoms with Gasteiger partial charge in [-0.3, -0.25) is 4.79 Å². The van der Waals surface area contributed by atoms with Crippen LogP contribution in [0.15, 0.2) is 18.2 Å². The fourth-order valence-electron chi connectivity index (χ4n) is 2.33. The number of methoxy groups -OCH3 is 2. The molecule has 1 saturated heterocycles. The van der Waals surface area contributed by atoms with Crippen molar-refractivity contribution in [3.05, 3.63) is 23.8 Å². The lowest BCUT2D eigenvalue weighted by Gasteiger charge is -2.34. The second kappa shape index (κ2) is 5.48. The number of nitrogens with one attached hydrogen (secondary N) is 2. The van der Waals surface area contributed by atoms with Crippen molar-refractivity contribution in [2.24, 2.45) is 0 Å². The molecule has 19 heavy (non-hydrogen) atoms. The van der Waals surface area contributed by atoms with Crippen LogP contribution in [-0.4, -0.2) is 38.8 Å². The number of carbonyl (C=O) groups is 1. The van der Waals surface area contributed by atoms with Gasteiger partial charge >= 0.3 is 0 Å². The monoisotopic (exact) mass is 264 g/mol. The predicted octanol–water partition coefficient (Wildman–Crippen LogP) is 0.724. The van der Waals surface area contributed by atoms with Crippen molar-refractivity contribution >= 4 is 5.91 Å². The molecule has 2 N–H and O–H groups in total. The van der Waals surface area contributed by atoms with E-state index >= 15 is 0 Å². The molecule has 0 unspecified atom stereocenters. The van der Waals surface area contributed by atoms with Gasteiger partial charge in [0.1, 0.15) is 0 Å². The van der Waals surface area contributed by atoms with Crippen molar-refractivity contribution in [3.8, 4) is 11.5 Å². The Morgan fingerprint density at radius 2 is 1.95 bits per heavy atom. The lowest BCUT2D eigenvalue weighted by atomic mass is 9.90. The third kappa shape index (κ3) is 2.81. The molecule has 5 nitrogen and oxygen atoms in total. The smallest absolute Gasteiger partial charge is 0.240 e. The van der Waals surface area contributed by atoms with Gasteiger partial charge in [-0.15, -0.1) is 0 Å². The number of ether oxygens (including phenoxy) is 2. The topological polar surface area (TPSA) is 59.6 Å². The molecule has 0 spiro atoms. The van der Waals surface area contributed by atoms with Gasteiger partial charge < -0.3 is 20.1 Å². The molecule has 0 aromatic heterocycles. The first-order chi connectivity index (χ1) is 9.09. The Morgan fingerprint density at radius 3 is 2.58 bits per heavy atom. The quantitative estimate of drug-likeness (QED) is 0.841. The fourth-order valence-corrected chi connectivity index (χ4v) is 2.33. The van der Waals surface area contributed by atoms with Gasteiger partial charge in [0.15, 0.2) is 11.5 Å². The standard InChI is InChI=1S/C14H20N2O3/c1-14(13(17)15-6-7-16-14)9-10-4-5-11(18-2)12(8-10)19-3/h4-5,8,16H,6-7,9H2,1-3H3,(H,15,17)/t14-/m0/s1. The summed E-state index contributed by atoms with van der Waals surface area (Å²) in [5.41, 5.74) is 0.461. The molecule has 0 aliphatic carbocycles. The zero-order chi connectivity index (χ0) is 13.9. The summed E-state index contributed by atoms with van der Waals surface area (Å²) in [6.45, 7) is 3.38. The summed E-state index contributed by atoms with van der Waals surface area (Å²) in [5.74, 6) is 1.41. The van der Waals surface area contributed by atoms with Gasteiger partial charge in [-0.05, 0) is 31.0 Å². The van der Waals surface area contributed by atoms with Crippen molar-refractivity contribution in [2.45, 2.75) is 18.9 Å². The second-order valence-corrected chi connectivity index (χ2v) is 4.88. The molecule has 1 aromatic carbocycles. The van der Waals surface area contributed by atoms with Gasteiger partial charge in [0.05, 0.1) is 19.8 Å². The minimum Gasteiger partial charge on any atom is -0.493 e. The molecule has 0 saturated carbocycles. The molecule has 1 fully saturated rings. The number of benzene rings is 1. The normalized spacial score (nSPS) is 22.8. The van der Waals surface area contributed by atoms with Crippen LogP contribution in [0.1, 0.15) is 12.5 Å². The van der Waals surface area contributed by atoms with Crippen LogP contribution in [-0.2, 0) is 11.2 Å². The zero-order valence-electron chi connectivity index (χ0n) is 11.6. The van der Waals surface area contributed by atoms with E-state index in [0.717, 1.165) is 12.1 Å². The molecule has 2 rings (SSSR count). The number of amides is 1. The lowest BCUT2D eigenvalue weighted by Crippen LogP contribution is -2.62. The summed E-state index contributed by atoms with van der Waals surface area (Å²) in [6.07, 6.45) is 0.610. The van der Waals surface area contributed by atoms with Crippen molar-refractivity contribution in [3.63, 3.8) is 0 Å². The zero-order valence-corrected chi connectivity index (χ0v) is 11.6. The van der Waals surface area contributed by atoms with Crippen LogP contribution < -0.4 is 20.1 Å². The van der Waals surface area contributed by atoms with Crippen LogP contribution in [0.25, 0.3) is 0 Å². The molecule has 104 valence electrons. The van der Waals surface area contributed by atoms with Gasteiger partial charge in [0, 0.05) is 13.1 Å². The largest absolute Gasteiger partial charge is 0.493 e. The van der Waals surface area contributed by atoms with E-state index in [1.807, 2.05) is 25.1 Å². The predicted molar refractivity (Wildman–Crippen MR) is 72.7 cm³/mol. The minimum atomic E-state index is -0.572. The summed E-state index contributed by atoms with van der Waals surface area (Å²) < 4.78 is 10.5. The van der Waals surface area contributed by atoms with E-state index in [4.69, 9.17) is 9.47 Å². The van der Waals surface area contributed by atoms with E-state index in [-0.39, 0.29) is 5.91 Å². The van der Waals surface area contributed by atoms with Gasteiger partial charge in [-0.1, -0.05) is 6.07 Å². The summed E-state index contributed by atoms with van der Waals surface area (Å²) in [4.78, 5) is 12.0. The molecule has 0 radical (unpaired) electrons. The summed E-state index contributed by atoms with van der Waals surface area (Å²) in [6, 6.07) is 5.72. The summed E-state index contributed by atoms with van der Waals surface area (Å²) >= 11 is 0. The maximum atomic E-state index is 12.0. The van der Waals surface area contributed by atoms with Crippen LogP contribution in [0.5, 0.6) is 11.5 Å². The molecule has 1 aliphatic rings. The highest BCUT2D eigenvalue weighted by atomic mass is 16.5. The van der Waals surface area contributed by atoms with Crippen molar-refractivity contribution in [2.75, 3.05) is 27.3 Å². The van der Waals surface area contributed by atoms with E-state index < -0.39 is 5.54 Å². The highest BCUT2D eigenvalue weighted by Gasteiger charge is 2.35. The Balaban J connectivity index is 2.20. The van der Waals surface area contributed by atoms with Crippen LogP contribution in [0.4, 0.5) is 0 Å². The maximum Gasteiger partial charge on any atom is 0.240 e. The Bertz CT molecular complexity index is 476. The first-order valence-corrected chi connectivity index (χ1v) is 6.33. The third-order valence-corrected chi connectivity index (χ3v) is 3.43. The average molecular weight is 264 g/mol. The van der Waals surface area contributed by atoms with E-state index in [0.29, 0.717) is 24.5 Å². The molecule has 1 heterocycles. The van der Waals surface area contributed by atoms with Crippen LogP contribution in [0.3, 0.4) is 0 Å². The van der Waals surface area contributed by atoms with Crippen LogP contribution >= 0.6 is 0 Å². The van der Waals surface area contributed by atoms with Gasteiger partial charge in [0.25, 0.3) is 0 Å². The number of hydrogen-bond donors (Lipinski definition) is 2. The van der Waals surface area contributed by atoms with Crippen molar-refractivity contribution in [1.29, 1.82) is 0 Å². The van der Waals surface area contributed by atoms with Gasteiger partial charge in [0.2, 0.25) is 5.91 Å². The first kappa shape index (κ1) is 13.7. The highest BCUT2D eigenvalue weighted by molar-refractivity contribution is 5.87. The highest BCUT2D eigenvalue weighted by Crippen LogP contribution is 2.29. The molecule has 5 heteroatoms. The lowest BCUT2D eigenvalue weighted by molar-refractivity contribution is -0.128. The Kier molecular flexibility index (Phi) is 3.95. The minimum absolute atomic E-state index is 0.0357. The Morgan fingerprint density at radius 1 is 1.21 bits per heavy atom. The molecular weight excluding hydrogens is 244 g/mol. The molecular formula is C14H20N2O3. The van der Waals surface area contributed by atoms with E-state index in [1.54, 1.807) is 14.2 Å². The molecule has 0 bridgehead atoms.